The Morgan fingerprint density at radius 1 is 1.15 bits per heavy atom. The summed E-state index contributed by atoms with van der Waals surface area (Å²) in [5.74, 6) is -0.430. The quantitative estimate of drug-likeness (QED) is 0.717. The lowest BCUT2D eigenvalue weighted by Crippen LogP contribution is -2.40. The number of hydrogen-bond acceptors (Lipinski definition) is 3. The van der Waals surface area contributed by atoms with Crippen molar-refractivity contribution in [3.8, 4) is 0 Å². The molecule has 1 aromatic carbocycles. The van der Waals surface area contributed by atoms with Crippen LogP contribution in [0.15, 0.2) is 18.2 Å². The van der Waals surface area contributed by atoms with Crippen molar-refractivity contribution in [1.82, 2.24) is 4.90 Å². The first-order valence-electron chi connectivity index (χ1n) is 6.99. The van der Waals surface area contributed by atoms with E-state index in [0.29, 0.717) is 16.9 Å². The topological polar surface area (TPSA) is 75.4 Å². The Morgan fingerprint density at radius 3 is 2.25 bits per heavy atom. The number of rotatable bonds is 0. The van der Waals surface area contributed by atoms with Crippen molar-refractivity contribution in [2.75, 3.05) is 18.1 Å². The van der Waals surface area contributed by atoms with Crippen LogP contribution >= 0.6 is 0 Å². The molecule has 0 saturated carbocycles. The van der Waals surface area contributed by atoms with Gasteiger partial charge in [0.05, 0.1) is 16.9 Å². The molecule has 1 atom stereocenters. The highest BCUT2D eigenvalue weighted by Crippen LogP contribution is 2.27. The molecule has 1 heterocycles. The van der Waals surface area contributed by atoms with E-state index in [1.54, 1.807) is 32.2 Å². The number of hydrogen-bond donors (Lipinski definition) is 2. The van der Waals surface area contributed by atoms with E-state index < -0.39 is 6.04 Å². The van der Waals surface area contributed by atoms with Gasteiger partial charge in [-0.25, -0.2) is 0 Å². The molecule has 0 spiro atoms. The number of nitrogens with zero attached hydrogens (tertiary/aromatic N) is 1. The molecular formula is C15H25N3O2. The van der Waals surface area contributed by atoms with Crippen LogP contribution in [0.1, 0.15) is 45.0 Å². The fraction of sp³-hybridized carbons (Fsp3) is 0.467. The Labute approximate surface area is 121 Å². The third-order valence-corrected chi connectivity index (χ3v) is 2.86. The van der Waals surface area contributed by atoms with Crippen LogP contribution in [0, 0.1) is 0 Å². The van der Waals surface area contributed by atoms with Crippen LogP contribution in [0.3, 0.4) is 0 Å². The van der Waals surface area contributed by atoms with Gasteiger partial charge in [-0.05, 0) is 19.1 Å². The number of nitrogen functional groups attached to an aromatic ring is 1. The van der Waals surface area contributed by atoms with Crippen LogP contribution in [0.5, 0.6) is 0 Å². The molecule has 1 unspecified atom stereocenters. The van der Waals surface area contributed by atoms with Crippen LogP contribution in [0.25, 0.3) is 0 Å². The van der Waals surface area contributed by atoms with Crippen molar-refractivity contribution in [3.63, 3.8) is 0 Å². The Balaban J connectivity index is 0.000000829. The van der Waals surface area contributed by atoms with Gasteiger partial charge in [0.25, 0.3) is 5.91 Å². The average Bonchev–Trinajstić information content (AvgIpc) is 2.57. The molecule has 5 nitrogen and oxygen atoms in total. The molecule has 2 amide bonds. The van der Waals surface area contributed by atoms with E-state index in [4.69, 9.17) is 5.73 Å². The predicted octanol–water partition coefficient (Wildman–Crippen LogP) is 2.73. The number of anilines is 2. The maximum atomic E-state index is 12.0. The van der Waals surface area contributed by atoms with Crippen molar-refractivity contribution in [2.45, 2.75) is 40.7 Å². The summed E-state index contributed by atoms with van der Waals surface area (Å²) in [4.78, 5) is 25.2. The summed E-state index contributed by atoms with van der Waals surface area (Å²) in [6, 6.07) is 4.51. The van der Waals surface area contributed by atoms with E-state index in [-0.39, 0.29) is 11.8 Å². The van der Waals surface area contributed by atoms with Gasteiger partial charge in [0, 0.05) is 7.05 Å². The third kappa shape index (κ3) is 3.50. The number of para-hydroxylation sites is 1. The van der Waals surface area contributed by atoms with Crippen LogP contribution in [-0.4, -0.2) is 29.8 Å². The smallest absolute Gasteiger partial charge is 0.256 e. The largest absolute Gasteiger partial charge is 0.397 e. The highest BCUT2D eigenvalue weighted by molar-refractivity contribution is 6.11. The Hall–Kier alpha value is -2.04. The van der Waals surface area contributed by atoms with Crippen molar-refractivity contribution in [3.05, 3.63) is 23.8 Å². The van der Waals surface area contributed by atoms with E-state index in [1.165, 1.54) is 4.90 Å². The van der Waals surface area contributed by atoms with Crippen molar-refractivity contribution in [1.29, 1.82) is 0 Å². The van der Waals surface area contributed by atoms with Crippen LogP contribution in [0.4, 0.5) is 11.4 Å². The summed E-state index contributed by atoms with van der Waals surface area (Å²) in [6.07, 6.45) is 0. The monoisotopic (exact) mass is 279 g/mol. The normalized spacial score (nSPS) is 16.7. The maximum Gasteiger partial charge on any atom is 0.256 e. The summed E-state index contributed by atoms with van der Waals surface area (Å²) in [5, 5.41) is 2.67. The molecule has 20 heavy (non-hydrogen) atoms. The lowest BCUT2D eigenvalue weighted by atomic mass is 10.1. The SMILES string of the molecule is CC.CC.CC1C(=O)Nc2c(N)cccc2C(=O)N1C. The van der Waals surface area contributed by atoms with E-state index in [2.05, 4.69) is 5.32 Å². The lowest BCUT2D eigenvalue weighted by Gasteiger charge is -2.19. The first-order valence-corrected chi connectivity index (χ1v) is 6.99. The third-order valence-electron chi connectivity index (χ3n) is 2.86. The van der Waals surface area contributed by atoms with Crippen molar-refractivity contribution < 1.29 is 9.59 Å². The minimum Gasteiger partial charge on any atom is -0.397 e. The summed E-state index contributed by atoms with van der Waals surface area (Å²) in [6.45, 7) is 9.68. The summed E-state index contributed by atoms with van der Waals surface area (Å²) < 4.78 is 0. The molecule has 0 aliphatic carbocycles. The van der Waals surface area contributed by atoms with Gasteiger partial charge in [-0.2, -0.15) is 0 Å². The summed E-state index contributed by atoms with van der Waals surface area (Å²) in [7, 11) is 1.60. The van der Waals surface area contributed by atoms with E-state index in [9.17, 15) is 9.59 Å². The first kappa shape index (κ1) is 18.0. The number of carbonyl (C=O) groups is 2. The van der Waals surface area contributed by atoms with Gasteiger partial charge in [0.15, 0.2) is 0 Å². The molecule has 112 valence electrons. The molecule has 0 saturated heterocycles. The zero-order valence-corrected chi connectivity index (χ0v) is 13.2. The highest BCUT2D eigenvalue weighted by Gasteiger charge is 2.30. The average molecular weight is 279 g/mol. The number of nitrogens with one attached hydrogen (secondary N) is 1. The Morgan fingerprint density at radius 2 is 1.70 bits per heavy atom. The fourth-order valence-electron chi connectivity index (χ4n) is 1.66. The zero-order chi connectivity index (χ0) is 15.9. The highest BCUT2D eigenvalue weighted by atomic mass is 16.2. The second-order valence-corrected chi connectivity index (χ2v) is 3.85. The molecule has 0 bridgehead atoms. The van der Waals surface area contributed by atoms with Gasteiger partial charge in [-0.3, -0.25) is 9.59 Å². The Bertz CT molecular complexity index is 472. The second kappa shape index (κ2) is 8.19. The van der Waals surface area contributed by atoms with Crippen LogP contribution < -0.4 is 11.1 Å². The van der Waals surface area contributed by atoms with Crippen LogP contribution in [-0.2, 0) is 4.79 Å². The minimum atomic E-state index is -0.501. The van der Waals surface area contributed by atoms with Gasteiger partial charge in [-0.15, -0.1) is 0 Å². The van der Waals surface area contributed by atoms with E-state index in [1.807, 2.05) is 27.7 Å². The number of fused-ring (bicyclic) bond motifs is 1. The molecule has 1 aliphatic heterocycles. The van der Waals surface area contributed by atoms with Gasteiger partial charge >= 0.3 is 0 Å². The summed E-state index contributed by atoms with van der Waals surface area (Å²) >= 11 is 0. The molecule has 5 heteroatoms. The van der Waals surface area contributed by atoms with Gasteiger partial charge in [-0.1, -0.05) is 33.8 Å². The maximum absolute atomic E-state index is 12.0. The molecule has 0 radical (unpaired) electrons. The molecule has 1 aromatic rings. The molecular weight excluding hydrogens is 254 g/mol. The van der Waals surface area contributed by atoms with Crippen molar-refractivity contribution >= 4 is 23.2 Å². The van der Waals surface area contributed by atoms with Gasteiger partial charge in [0.2, 0.25) is 5.91 Å². The molecule has 3 N–H and O–H groups in total. The van der Waals surface area contributed by atoms with Gasteiger partial charge in [0.1, 0.15) is 6.04 Å². The van der Waals surface area contributed by atoms with E-state index >= 15 is 0 Å². The van der Waals surface area contributed by atoms with Crippen LogP contribution in [0.2, 0.25) is 0 Å². The Kier molecular flexibility index (Phi) is 7.36. The number of likely N-dealkylation sites (N-methyl/N-ethyl adjacent to an activating group) is 1. The number of benzene rings is 1. The molecule has 0 aromatic heterocycles. The fourth-order valence-corrected chi connectivity index (χ4v) is 1.66. The number of nitrogens with two attached hydrogens (primary N) is 1. The second-order valence-electron chi connectivity index (χ2n) is 3.85. The zero-order valence-electron chi connectivity index (χ0n) is 13.2. The molecule has 2 rings (SSSR count). The minimum absolute atomic E-state index is 0.201. The summed E-state index contributed by atoms with van der Waals surface area (Å²) in [5.41, 5.74) is 6.99. The number of amides is 2. The molecule has 1 aliphatic rings. The van der Waals surface area contributed by atoms with Crippen molar-refractivity contribution in [2.24, 2.45) is 0 Å². The predicted molar refractivity (Wildman–Crippen MR) is 83.7 cm³/mol. The van der Waals surface area contributed by atoms with E-state index in [0.717, 1.165) is 0 Å². The standard InChI is InChI=1S/C11H13N3O2.2C2H6/c1-6-10(15)13-9-7(11(16)14(6)2)4-3-5-8(9)12;2*1-2/h3-6H,12H2,1-2H3,(H,13,15);2*1-2H3. The molecule has 0 fully saturated rings. The lowest BCUT2D eigenvalue weighted by molar-refractivity contribution is -0.119. The van der Waals surface area contributed by atoms with Gasteiger partial charge < -0.3 is 16.0 Å². The number of carbonyl (C=O) groups excluding carboxylic acids is 2. The first-order chi connectivity index (χ1) is 9.52.